The van der Waals surface area contributed by atoms with Crippen molar-refractivity contribution in [3.05, 3.63) is 35.4 Å². The van der Waals surface area contributed by atoms with Crippen LogP contribution in [0.25, 0.3) is 6.08 Å². The quantitative estimate of drug-likeness (QED) is 0.711. The number of nitrogens with zero attached hydrogens (tertiary/aromatic N) is 3. The van der Waals surface area contributed by atoms with Crippen molar-refractivity contribution < 1.29 is 4.39 Å². The summed E-state index contributed by atoms with van der Waals surface area (Å²) in [7, 11) is 0. The van der Waals surface area contributed by atoms with Crippen molar-refractivity contribution in [1.29, 1.82) is 10.5 Å². The number of pyridine rings is 1. The zero-order valence-corrected chi connectivity index (χ0v) is 7.24. The van der Waals surface area contributed by atoms with Gasteiger partial charge >= 0.3 is 0 Å². The zero-order chi connectivity index (χ0) is 10.4. The number of hydrogen-bond acceptors (Lipinski definition) is 3. The summed E-state index contributed by atoms with van der Waals surface area (Å²) >= 11 is 0. The SMILES string of the molecule is N#CCC=Cc1cnc(C#N)c(F)c1. The van der Waals surface area contributed by atoms with Crippen LogP contribution in [-0.4, -0.2) is 4.98 Å². The van der Waals surface area contributed by atoms with Gasteiger partial charge in [-0.3, -0.25) is 0 Å². The van der Waals surface area contributed by atoms with Crippen LogP contribution in [0.5, 0.6) is 0 Å². The maximum atomic E-state index is 13.0. The van der Waals surface area contributed by atoms with Crippen LogP contribution in [0.1, 0.15) is 17.7 Å². The highest BCUT2D eigenvalue weighted by molar-refractivity contribution is 5.49. The fraction of sp³-hybridized carbons (Fsp3) is 0.100. The van der Waals surface area contributed by atoms with Crippen LogP contribution in [0.15, 0.2) is 18.3 Å². The lowest BCUT2D eigenvalue weighted by atomic mass is 10.2. The van der Waals surface area contributed by atoms with Crippen molar-refractivity contribution in [3.63, 3.8) is 0 Å². The lowest BCUT2D eigenvalue weighted by Crippen LogP contribution is -1.89. The average molecular weight is 187 g/mol. The van der Waals surface area contributed by atoms with Crippen molar-refractivity contribution in [2.45, 2.75) is 6.42 Å². The van der Waals surface area contributed by atoms with Gasteiger partial charge in [-0.05, 0) is 11.6 Å². The van der Waals surface area contributed by atoms with Crippen molar-refractivity contribution in [3.8, 4) is 12.1 Å². The van der Waals surface area contributed by atoms with Crippen molar-refractivity contribution in [2.24, 2.45) is 0 Å². The van der Waals surface area contributed by atoms with Gasteiger partial charge in [-0.25, -0.2) is 9.37 Å². The van der Waals surface area contributed by atoms with Crippen molar-refractivity contribution >= 4 is 6.08 Å². The van der Waals surface area contributed by atoms with Crippen LogP contribution < -0.4 is 0 Å². The summed E-state index contributed by atoms with van der Waals surface area (Å²) in [6.07, 6.45) is 4.83. The van der Waals surface area contributed by atoms with Crippen LogP contribution in [0.3, 0.4) is 0 Å². The fourth-order valence-electron chi connectivity index (χ4n) is 0.874. The summed E-state index contributed by atoms with van der Waals surface area (Å²) in [6.45, 7) is 0. The Morgan fingerprint density at radius 3 is 2.86 bits per heavy atom. The topological polar surface area (TPSA) is 60.5 Å². The summed E-state index contributed by atoms with van der Waals surface area (Å²) in [5, 5.41) is 16.7. The molecule has 0 aliphatic rings. The predicted octanol–water partition coefficient (Wildman–Crippen LogP) is 2.02. The summed E-state index contributed by atoms with van der Waals surface area (Å²) in [5.41, 5.74) is 0.319. The first-order valence-electron chi connectivity index (χ1n) is 3.87. The highest BCUT2D eigenvalue weighted by atomic mass is 19.1. The van der Waals surface area contributed by atoms with Gasteiger partial charge in [0.1, 0.15) is 6.07 Å². The lowest BCUT2D eigenvalue weighted by Gasteiger charge is -1.94. The molecule has 0 amide bonds. The van der Waals surface area contributed by atoms with Gasteiger partial charge in [0.15, 0.2) is 11.5 Å². The molecule has 0 atom stereocenters. The third-order valence-corrected chi connectivity index (χ3v) is 1.49. The normalized spacial score (nSPS) is 9.64. The Kier molecular flexibility index (Phi) is 3.34. The molecule has 0 unspecified atom stereocenters. The van der Waals surface area contributed by atoms with Gasteiger partial charge < -0.3 is 0 Å². The molecule has 0 aliphatic carbocycles. The first kappa shape index (κ1) is 9.88. The third kappa shape index (κ3) is 2.40. The molecule has 0 saturated carbocycles. The minimum absolute atomic E-state index is 0.220. The van der Waals surface area contributed by atoms with Crippen molar-refractivity contribution in [1.82, 2.24) is 4.98 Å². The molecule has 1 aromatic heterocycles. The highest BCUT2D eigenvalue weighted by Crippen LogP contribution is 2.07. The zero-order valence-electron chi connectivity index (χ0n) is 7.24. The molecular weight excluding hydrogens is 181 g/mol. The van der Waals surface area contributed by atoms with E-state index in [0.29, 0.717) is 5.56 Å². The Bertz CT molecular complexity index is 438. The van der Waals surface area contributed by atoms with Crippen LogP contribution in [0, 0.1) is 28.5 Å². The van der Waals surface area contributed by atoms with Gasteiger partial charge in [-0.15, -0.1) is 0 Å². The Balaban J connectivity index is 2.89. The first-order valence-corrected chi connectivity index (χ1v) is 3.87. The summed E-state index contributed by atoms with van der Waals surface area (Å²) in [4.78, 5) is 3.61. The highest BCUT2D eigenvalue weighted by Gasteiger charge is 2.01. The molecule has 0 aliphatic heterocycles. The minimum atomic E-state index is -0.647. The Labute approximate surface area is 80.7 Å². The molecular formula is C10H6FN3. The summed E-state index contributed by atoms with van der Waals surface area (Å²) in [5.74, 6) is -0.647. The standard InChI is InChI=1S/C10H6FN3/c11-9-5-8(3-1-2-4-12)7-14-10(9)6-13/h1,3,5,7H,2H2. The van der Waals surface area contributed by atoms with Crippen LogP contribution >= 0.6 is 0 Å². The number of hydrogen-bond donors (Lipinski definition) is 0. The molecule has 1 aromatic rings. The van der Waals surface area contributed by atoms with Gasteiger partial charge in [-0.1, -0.05) is 12.2 Å². The van der Waals surface area contributed by atoms with E-state index in [-0.39, 0.29) is 12.1 Å². The Hall–Kier alpha value is -2.20. The molecule has 68 valence electrons. The first-order chi connectivity index (χ1) is 6.77. The molecule has 0 bridgehead atoms. The van der Waals surface area contributed by atoms with E-state index in [1.54, 1.807) is 18.2 Å². The molecule has 3 nitrogen and oxygen atoms in total. The summed E-state index contributed by atoms with van der Waals surface area (Å²) < 4.78 is 13.0. The Morgan fingerprint density at radius 2 is 2.29 bits per heavy atom. The smallest absolute Gasteiger partial charge is 0.176 e. The van der Waals surface area contributed by atoms with Gasteiger partial charge in [0.25, 0.3) is 0 Å². The molecule has 0 radical (unpaired) electrons. The van der Waals surface area contributed by atoms with Crippen LogP contribution in [-0.2, 0) is 0 Å². The average Bonchev–Trinajstić information content (AvgIpc) is 2.18. The number of rotatable bonds is 2. The molecule has 0 N–H and O–H groups in total. The van der Waals surface area contributed by atoms with Crippen molar-refractivity contribution in [2.75, 3.05) is 0 Å². The van der Waals surface area contributed by atoms with E-state index in [1.165, 1.54) is 12.3 Å². The molecule has 0 spiro atoms. The van der Waals surface area contributed by atoms with E-state index >= 15 is 0 Å². The lowest BCUT2D eigenvalue weighted by molar-refractivity contribution is 0.616. The van der Waals surface area contributed by atoms with Crippen LogP contribution in [0.4, 0.5) is 4.39 Å². The predicted molar refractivity (Wildman–Crippen MR) is 48.2 cm³/mol. The molecule has 1 heterocycles. The molecule has 0 aromatic carbocycles. The second-order valence-corrected chi connectivity index (χ2v) is 2.48. The molecule has 0 saturated heterocycles. The fourth-order valence-corrected chi connectivity index (χ4v) is 0.874. The maximum Gasteiger partial charge on any atom is 0.176 e. The van der Waals surface area contributed by atoms with Gasteiger partial charge in [0.05, 0.1) is 12.5 Å². The van der Waals surface area contributed by atoms with E-state index in [2.05, 4.69) is 4.98 Å². The Morgan fingerprint density at radius 1 is 1.50 bits per heavy atom. The third-order valence-electron chi connectivity index (χ3n) is 1.49. The number of aromatic nitrogens is 1. The summed E-state index contributed by atoms with van der Waals surface area (Å²) in [6, 6.07) is 4.76. The molecule has 14 heavy (non-hydrogen) atoms. The van der Waals surface area contributed by atoms with E-state index < -0.39 is 5.82 Å². The van der Waals surface area contributed by atoms with E-state index in [1.807, 2.05) is 6.07 Å². The molecule has 1 rings (SSSR count). The second-order valence-electron chi connectivity index (χ2n) is 2.48. The second kappa shape index (κ2) is 4.74. The number of nitriles is 2. The maximum absolute atomic E-state index is 13.0. The largest absolute Gasteiger partial charge is 0.242 e. The van der Waals surface area contributed by atoms with E-state index in [9.17, 15) is 4.39 Å². The molecule has 0 fully saturated rings. The van der Waals surface area contributed by atoms with Gasteiger partial charge in [-0.2, -0.15) is 10.5 Å². The molecule has 4 heteroatoms. The van der Waals surface area contributed by atoms with Crippen LogP contribution in [0.2, 0.25) is 0 Å². The minimum Gasteiger partial charge on any atom is -0.242 e. The van der Waals surface area contributed by atoms with E-state index in [4.69, 9.17) is 10.5 Å². The number of allylic oxidation sites excluding steroid dienone is 1. The van der Waals surface area contributed by atoms with Gasteiger partial charge in [0, 0.05) is 6.20 Å². The van der Waals surface area contributed by atoms with E-state index in [0.717, 1.165) is 0 Å². The van der Waals surface area contributed by atoms with Gasteiger partial charge in [0.2, 0.25) is 0 Å². The number of halogens is 1. The monoisotopic (exact) mass is 187 g/mol.